The Hall–Kier alpha value is -2.96. The van der Waals surface area contributed by atoms with E-state index in [1.54, 1.807) is 30.5 Å². The molecule has 132 valence electrons. The van der Waals surface area contributed by atoms with E-state index in [9.17, 15) is 14.4 Å². The van der Waals surface area contributed by atoms with E-state index in [1.165, 1.54) is 13.3 Å². The van der Waals surface area contributed by atoms with Crippen LogP contribution in [-0.4, -0.2) is 44.4 Å². The van der Waals surface area contributed by atoms with Crippen molar-refractivity contribution in [1.29, 1.82) is 0 Å². The molecule has 1 aliphatic rings. The molecule has 25 heavy (non-hydrogen) atoms. The fourth-order valence-corrected chi connectivity index (χ4v) is 2.29. The lowest BCUT2D eigenvalue weighted by molar-refractivity contribution is -0.140. The highest BCUT2D eigenvalue weighted by Crippen LogP contribution is 2.21. The zero-order chi connectivity index (χ0) is 18.1. The van der Waals surface area contributed by atoms with Crippen LogP contribution in [0.15, 0.2) is 47.1 Å². The number of esters is 1. The first-order valence-electron chi connectivity index (χ1n) is 7.78. The predicted molar refractivity (Wildman–Crippen MR) is 89.4 cm³/mol. The first kappa shape index (κ1) is 18.4. The van der Waals surface area contributed by atoms with Crippen LogP contribution in [0.5, 0.6) is 0 Å². The lowest BCUT2D eigenvalue weighted by atomic mass is 9.92. The van der Waals surface area contributed by atoms with Crippen LogP contribution >= 0.6 is 0 Å². The van der Waals surface area contributed by atoms with Crippen molar-refractivity contribution >= 4 is 24.1 Å². The maximum absolute atomic E-state index is 12.2. The van der Waals surface area contributed by atoms with Gasteiger partial charge in [-0.1, -0.05) is 30.3 Å². The number of hydrogen-bond donors (Lipinski definition) is 0. The van der Waals surface area contributed by atoms with Gasteiger partial charge in [0.05, 0.1) is 12.7 Å². The summed E-state index contributed by atoms with van der Waals surface area (Å²) in [6, 6.07) is 8.98. The molecule has 0 saturated carbocycles. The lowest BCUT2D eigenvalue weighted by Crippen LogP contribution is -2.20. The summed E-state index contributed by atoms with van der Waals surface area (Å²) in [7, 11) is 1.19. The molecular formula is C18H19NO6. The Kier molecular flexibility index (Phi) is 6.88. The van der Waals surface area contributed by atoms with Gasteiger partial charge >= 0.3 is 12.1 Å². The average molecular weight is 345 g/mol. The number of ether oxygens (including phenoxy) is 3. The number of carbonyl (C=O) groups is 3. The van der Waals surface area contributed by atoms with Crippen molar-refractivity contribution in [3.05, 3.63) is 47.7 Å². The molecule has 1 aliphatic heterocycles. The number of methoxy groups -OCH3 is 1. The number of hydrogen-bond acceptors (Lipinski definition) is 7. The number of aliphatic imine (C=N–C) groups is 1. The molecule has 0 aromatic heterocycles. The van der Waals surface area contributed by atoms with Gasteiger partial charge in [-0.15, -0.1) is 0 Å². The van der Waals surface area contributed by atoms with E-state index in [0.717, 1.165) is 0 Å². The standard InChI is InChI=1S/C18H19NO6/c1-23-18(22)25-8-7-24-17(21)15-9-13(11-19-12-15)10-16(20)14-5-3-2-4-6-14/h2-6,11-13H,7-10H2,1H3. The SMILES string of the molecule is COC(=O)OCCOC(=O)C1=CN=CC(CC(=O)c2ccccc2)C1. The minimum Gasteiger partial charge on any atom is -0.459 e. The van der Waals surface area contributed by atoms with Crippen LogP contribution in [0.4, 0.5) is 4.79 Å². The number of nitrogens with zero attached hydrogens (tertiary/aromatic N) is 1. The Bertz CT molecular complexity index is 680. The van der Waals surface area contributed by atoms with Crippen LogP contribution < -0.4 is 0 Å². The van der Waals surface area contributed by atoms with Gasteiger partial charge in [-0.25, -0.2) is 9.59 Å². The summed E-state index contributed by atoms with van der Waals surface area (Å²) < 4.78 is 13.9. The minimum atomic E-state index is -0.836. The van der Waals surface area contributed by atoms with E-state index in [4.69, 9.17) is 4.74 Å². The summed E-state index contributed by atoms with van der Waals surface area (Å²) in [4.78, 5) is 39.0. The van der Waals surface area contributed by atoms with Gasteiger partial charge in [0.2, 0.25) is 0 Å². The Morgan fingerprint density at radius 3 is 2.56 bits per heavy atom. The number of benzene rings is 1. The molecule has 1 atom stereocenters. The van der Waals surface area contributed by atoms with Crippen LogP contribution in [0.3, 0.4) is 0 Å². The predicted octanol–water partition coefficient (Wildman–Crippen LogP) is 2.56. The maximum atomic E-state index is 12.2. The first-order valence-corrected chi connectivity index (χ1v) is 7.78. The molecule has 7 heteroatoms. The molecule has 0 radical (unpaired) electrons. The van der Waals surface area contributed by atoms with Crippen molar-refractivity contribution in [2.45, 2.75) is 12.8 Å². The van der Waals surface area contributed by atoms with Crippen LogP contribution in [0.1, 0.15) is 23.2 Å². The average Bonchev–Trinajstić information content (AvgIpc) is 2.65. The summed E-state index contributed by atoms with van der Waals surface area (Å²) in [5, 5.41) is 0. The summed E-state index contributed by atoms with van der Waals surface area (Å²) in [6.45, 7) is -0.173. The van der Waals surface area contributed by atoms with E-state index in [-0.39, 0.29) is 31.3 Å². The van der Waals surface area contributed by atoms with Crippen molar-refractivity contribution in [3.8, 4) is 0 Å². The van der Waals surface area contributed by atoms with Crippen LogP contribution in [-0.2, 0) is 19.0 Å². The van der Waals surface area contributed by atoms with Gasteiger partial charge in [-0.2, -0.15) is 0 Å². The monoisotopic (exact) mass is 345 g/mol. The van der Waals surface area contributed by atoms with Crippen molar-refractivity contribution in [2.75, 3.05) is 20.3 Å². The largest absolute Gasteiger partial charge is 0.508 e. The molecule has 0 saturated heterocycles. The third-order valence-electron chi connectivity index (χ3n) is 3.52. The van der Waals surface area contributed by atoms with Crippen molar-refractivity contribution < 1.29 is 28.6 Å². The van der Waals surface area contributed by atoms with Gasteiger partial charge in [-0.3, -0.25) is 9.79 Å². The van der Waals surface area contributed by atoms with Crippen LogP contribution in [0.2, 0.25) is 0 Å². The number of Topliss-reactive ketones (excluding diaryl/α,β-unsaturated/α-hetero) is 1. The zero-order valence-corrected chi connectivity index (χ0v) is 13.8. The van der Waals surface area contributed by atoms with Gasteiger partial charge < -0.3 is 14.2 Å². The highest BCUT2D eigenvalue weighted by atomic mass is 16.7. The van der Waals surface area contributed by atoms with E-state index in [1.807, 2.05) is 6.07 Å². The third kappa shape index (κ3) is 5.87. The molecule has 0 bridgehead atoms. The third-order valence-corrected chi connectivity index (χ3v) is 3.52. The van der Waals surface area contributed by atoms with E-state index in [2.05, 4.69) is 14.5 Å². The molecule has 0 fully saturated rings. The second-order valence-electron chi connectivity index (χ2n) is 5.35. The first-order chi connectivity index (χ1) is 12.1. The van der Waals surface area contributed by atoms with Crippen molar-refractivity contribution in [2.24, 2.45) is 10.9 Å². The summed E-state index contributed by atoms with van der Waals surface area (Å²) >= 11 is 0. The summed E-state index contributed by atoms with van der Waals surface area (Å²) in [5.41, 5.74) is 1.01. The fourth-order valence-electron chi connectivity index (χ4n) is 2.29. The molecule has 1 aromatic carbocycles. The summed E-state index contributed by atoms with van der Waals surface area (Å²) in [6.07, 6.45) is 2.89. The van der Waals surface area contributed by atoms with Gasteiger partial charge in [0.25, 0.3) is 0 Å². The van der Waals surface area contributed by atoms with E-state index in [0.29, 0.717) is 17.6 Å². The highest BCUT2D eigenvalue weighted by Gasteiger charge is 2.22. The molecular weight excluding hydrogens is 326 g/mol. The Morgan fingerprint density at radius 2 is 1.84 bits per heavy atom. The van der Waals surface area contributed by atoms with Gasteiger partial charge in [0.1, 0.15) is 13.2 Å². The van der Waals surface area contributed by atoms with Gasteiger partial charge in [0, 0.05) is 30.3 Å². The smallest absolute Gasteiger partial charge is 0.459 e. The van der Waals surface area contributed by atoms with E-state index >= 15 is 0 Å². The van der Waals surface area contributed by atoms with E-state index < -0.39 is 12.1 Å². The zero-order valence-electron chi connectivity index (χ0n) is 13.8. The fraction of sp³-hybridized carbons (Fsp3) is 0.333. The second-order valence-corrected chi connectivity index (χ2v) is 5.35. The molecule has 1 aromatic rings. The molecule has 0 spiro atoms. The van der Waals surface area contributed by atoms with Crippen molar-refractivity contribution in [1.82, 2.24) is 0 Å². The number of rotatable bonds is 7. The normalized spacial score (nSPS) is 15.9. The molecule has 0 aliphatic carbocycles. The molecule has 0 amide bonds. The van der Waals surface area contributed by atoms with Crippen LogP contribution in [0.25, 0.3) is 0 Å². The molecule has 2 rings (SSSR count). The molecule has 1 unspecified atom stereocenters. The van der Waals surface area contributed by atoms with Gasteiger partial charge in [0.15, 0.2) is 5.78 Å². The van der Waals surface area contributed by atoms with Crippen molar-refractivity contribution in [3.63, 3.8) is 0 Å². The minimum absolute atomic E-state index is 0.00172. The highest BCUT2D eigenvalue weighted by molar-refractivity contribution is 5.98. The van der Waals surface area contributed by atoms with Gasteiger partial charge in [-0.05, 0) is 6.42 Å². The topological polar surface area (TPSA) is 91.3 Å². The maximum Gasteiger partial charge on any atom is 0.508 e. The Morgan fingerprint density at radius 1 is 1.12 bits per heavy atom. The lowest BCUT2D eigenvalue weighted by Gasteiger charge is -2.16. The Balaban J connectivity index is 1.79. The molecule has 7 nitrogen and oxygen atoms in total. The van der Waals surface area contributed by atoms with Crippen LogP contribution in [0, 0.1) is 5.92 Å². The summed E-state index contributed by atoms with van der Waals surface area (Å²) in [5.74, 6) is -0.702. The number of carbonyl (C=O) groups excluding carboxylic acids is 3. The molecule has 0 N–H and O–H groups in total. The second kappa shape index (κ2) is 9.36. The number of ketones is 1. The molecule has 1 heterocycles. The Labute approximate surface area is 145 Å². The quantitative estimate of drug-likeness (QED) is 0.428.